The van der Waals surface area contributed by atoms with Gasteiger partial charge >= 0.3 is 11.9 Å². The van der Waals surface area contributed by atoms with Gasteiger partial charge in [-0.1, -0.05) is 0 Å². The number of hydrogen-bond donors (Lipinski definition) is 4. The lowest BCUT2D eigenvalue weighted by molar-refractivity contribution is -0.441. The normalized spacial score (nSPS) is 10.8. The lowest BCUT2D eigenvalue weighted by Gasteiger charge is -2.02. The first kappa shape index (κ1) is 16.5. The van der Waals surface area contributed by atoms with Crippen molar-refractivity contribution in [3.05, 3.63) is 29.6 Å². The van der Waals surface area contributed by atoms with Gasteiger partial charge in [-0.25, -0.2) is 14.6 Å². The maximum Gasteiger partial charge on any atom is 0.354 e. The molecule has 0 fully saturated rings. The summed E-state index contributed by atoms with van der Waals surface area (Å²) in [5.41, 5.74) is 2.69. The van der Waals surface area contributed by atoms with Crippen molar-refractivity contribution in [2.75, 3.05) is 6.61 Å². The van der Waals surface area contributed by atoms with Crippen LogP contribution in [-0.4, -0.2) is 50.9 Å². The molecule has 0 saturated heterocycles. The average Bonchev–Trinajstić information content (AvgIpc) is 2.38. The number of carboxylic acids is 3. The van der Waals surface area contributed by atoms with Crippen molar-refractivity contribution in [2.24, 2.45) is 0 Å². The molecule has 0 aliphatic rings. The minimum absolute atomic E-state index is 0.0811. The number of carboxylic acid groups (broad SMARTS) is 3. The van der Waals surface area contributed by atoms with E-state index in [9.17, 15) is 19.5 Å². The molecule has 0 aromatic carbocycles. The number of pyridine rings is 1. The highest BCUT2D eigenvalue weighted by molar-refractivity contribution is 5.92. The molecule has 1 heterocycles. The van der Waals surface area contributed by atoms with Gasteiger partial charge < -0.3 is 31.0 Å². The van der Waals surface area contributed by atoms with E-state index in [0.29, 0.717) is 0 Å². The number of hydrogen-bond acceptors (Lipinski definition) is 6. The summed E-state index contributed by atoms with van der Waals surface area (Å²) in [5, 5.41) is 34.5. The van der Waals surface area contributed by atoms with Crippen molar-refractivity contribution in [1.29, 1.82) is 0 Å². The van der Waals surface area contributed by atoms with Gasteiger partial charge in [0.05, 0.1) is 5.56 Å². The topological polar surface area (TPSA) is 175 Å². The van der Waals surface area contributed by atoms with Crippen LogP contribution in [0.2, 0.25) is 0 Å². The number of aliphatic hydroxyl groups excluding tert-OH is 1. The highest BCUT2D eigenvalue weighted by Crippen LogP contribution is 2.01. The zero-order chi connectivity index (χ0) is 15.0. The van der Waals surface area contributed by atoms with Crippen LogP contribution >= 0.6 is 0 Å². The Morgan fingerprint density at radius 2 is 1.89 bits per heavy atom. The fourth-order valence-electron chi connectivity index (χ4n) is 0.755. The van der Waals surface area contributed by atoms with Crippen LogP contribution < -0.4 is 10.8 Å². The summed E-state index contributed by atoms with van der Waals surface area (Å²) in [6, 6.07) is 1.25. The third-order valence-corrected chi connectivity index (χ3v) is 1.78. The van der Waals surface area contributed by atoms with Crippen LogP contribution in [0.4, 0.5) is 0 Å². The Balaban J connectivity index is 0.000000399. The molecule has 0 amide bonds. The second-order valence-corrected chi connectivity index (χ2v) is 3.24. The van der Waals surface area contributed by atoms with Crippen LogP contribution in [0, 0.1) is 0 Å². The highest BCUT2D eigenvalue weighted by atomic mass is 16.4. The number of aromatic nitrogens is 1. The third kappa shape index (κ3) is 6.10. The molecule has 0 radical (unpaired) electrons. The molecule has 0 saturated carbocycles. The Bertz CT molecular complexity index is 445. The number of aliphatic hydroxyl groups is 1. The van der Waals surface area contributed by atoms with Crippen LogP contribution in [0.15, 0.2) is 18.3 Å². The summed E-state index contributed by atoms with van der Waals surface area (Å²) in [6.07, 6.45) is 1.15. The van der Waals surface area contributed by atoms with E-state index in [1.807, 2.05) is 0 Å². The number of quaternary nitrogens is 1. The van der Waals surface area contributed by atoms with E-state index in [4.69, 9.17) is 15.3 Å². The fraction of sp³-hybridized carbons (Fsp3) is 0.200. The number of aliphatic carboxylic acids is 1. The first-order valence-corrected chi connectivity index (χ1v) is 4.87. The van der Waals surface area contributed by atoms with E-state index in [1.165, 1.54) is 6.07 Å². The largest absolute Gasteiger partial charge is 0.544 e. The summed E-state index contributed by atoms with van der Waals surface area (Å²) < 4.78 is 0. The Hall–Kier alpha value is -2.52. The van der Waals surface area contributed by atoms with Gasteiger partial charge in [-0.05, 0) is 12.1 Å². The van der Waals surface area contributed by atoms with Gasteiger partial charge in [-0.3, -0.25) is 0 Å². The Labute approximate surface area is 106 Å². The quantitative estimate of drug-likeness (QED) is 0.443. The molecule has 6 N–H and O–H groups in total. The highest BCUT2D eigenvalue weighted by Gasteiger charge is 2.08. The summed E-state index contributed by atoms with van der Waals surface area (Å²) in [6.45, 7) is -0.456. The molecule has 0 aliphatic carbocycles. The molecular weight excluding hydrogens is 260 g/mol. The lowest BCUT2D eigenvalue weighted by atomic mass is 10.2. The third-order valence-electron chi connectivity index (χ3n) is 1.78. The van der Waals surface area contributed by atoms with Crippen LogP contribution in [0.3, 0.4) is 0 Å². The smallest absolute Gasteiger partial charge is 0.354 e. The van der Waals surface area contributed by atoms with Gasteiger partial charge in [0.2, 0.25) is 0 Å². The van der Waals surface area contributed by atoms with E-state index < -0.39 is 30.6 Å². The molecule has 0 aliphatic heterocycles. The number of carbonyl (C=O) groups excluding carboxylic acids is 1. The zero-order valence-corrected chi connectivity index (χ0v) is 9.65. The summed E-state index contributed by atoms with van der Waals surface area (Å²) in [7, 11) is 0. The number of rotatable bonds is 4. The van der Waals surface area contributed by atoms with E-state index in [0.717, 1.165) is 12.3 Å². The van der Waals surface area contributed by atoms with E-state index >= 15 is 0 Å². The number of nitrogens with zero attached hydrogens (tertiary/aromatic N) is 1. The Morgan fingerprint density at radius 3 is 2.21 bits per heavy atom. The van der Waals surface area contributed by atoms with E-state index in [1.54, 1.807) is 0 Å². The molecule has 1 atom stereocenters. The maximum absolute atomic E-state index is 10.4. The predicted molar refractivity (Wildman–Crippen MR) is 56.9 cm³/mol. The van der Waals surface area contributed by atoms with Crippen molar-refractivity contribution < 1.29 is 40.5 Å². The van der Waals surface area contributed by atoms with Crippen molar-refractivity contribution in [3.8, 4) is 0 Å². The molecule has 104 valence electrons. The molecule has 1 rings (SSSR count). The molecule has 19 heavy (non-hydrogen) atoms. The second-order valence-electron chi connectivity index (χ2n) is 3.24. The minimum Gasteiger partial charge on any atom is -0.544 e. The van der Waals surface area contributed by atoms with Crippen molar-refractivity contribution >= 4 is 17.9 Å². The van der Waals surface area contributed by atoms with Crippen molar-refractivity contribution in [1.82, 2.24) is 4.98 Å². The van der Waals surface area contributed by atoms with Crippen LogP contribution in [0.25, 0.3) is 0 Å². The molecule has 1 aromatic rings. The van der Waals surface area contributed by atoms with Crippen LogP contribution in [0.1, 0.15) is 20.8 Å². The molecule has 9 heteroatoms. The molecule has 9 nitrogen and oxygen atoms in total. The molecule has 0 bridgehead atoms. The molecule has 0 unspecified atom stereocenters. The summed E-state index contributed by atoms with van der Waals surface area (Å²) in [5.74, 6) is -3.72. The van der Waals surface area contributed by atoms with Gasteiger partial charge in [-0.15, -0.1) is 0 Å². The second kappa shape index (κ2) is 7.74. The van der Waals surface area contributed by atoms with Gasteiger partial charge in [0.15, 0.2) is 0 Å². The minimum atomic E-state index is -1.32. The first-order chi connectivity index (χ1) is 8.79. The zero-order valence-electron chi connectivity index (χ0n) is 9.65. The molecule has 1 aromatic heterocycles. The fourth-order valence-corrected chi connectivity index (χ4v) is 0.755. The number of aromatic carboxylic acids is 2. The maximum atomic E-state index is 10.4. The van der Waals surface area contributed by atoms with Crippen molar-refractivity contribution in [3.63, 3.8) is 0 Å². The Morgan fingerprint density at radius 1 is 1.32 bits per heavy atom. The Kier molecular flexibility index (Phi) is 6.71. The van der Waals surface area contributed by atoms with Crippen LogP contribution in [0.5, 0.6) is 0 Å². The molecule has 0 spiro atoms. The average molecular weight is 272 g/mol. The van der Waals surface area contributed by atoms with Gasteiger partial charge in [-0.2, -0.15) is 0 Å². The number of carbonyl (C=O) groups is 3. The molecular formula is C10H12N2O7. The first-order valence-electron chi connectivity index (χ1n) is 4.87. The standard InChI is InChI=1S/C7H5NO4.C3H7NO3/c9-6(10)4-1-2-8-5(3-4)7(11)12;4-2(1-5)3(6)7/h1-3H,(H,9,10)(H,11,12);2,5H,1,4H2,(H,6,7)/t;2-/m.0/s1. The SMILES string of the molecule is O=C(O)c1ccnc(C(=O)O)c1.[NH3+][C@@H](CO)C(=O)[O-]. The van der Waals surface area contributed by atoms with Gasteiger partial charge in [0, 0.05) is 6.20 Å². The lowest BCUT2D eigenvalue weighted by Crippen LogP contribution is -2.70. The monoisotopic (exact) mass is 272 g/mol. The van der Waals surface area contributed by atoms with E-state index in [2.05, 4.69) is 10.7 Å². The van der Waals surface area contributed by atoms with Gasteiger partial charge in [0.25, 0.3) is 0 Å². The van der Waals surface area contributed by atoms with Gasteiger partial charge in [0.1, 0.15) is 24.3 Å². The van der Waals surface area contributed by atoms with E-state index in [-0.39, 0.29) is 11.3 Å². The summed E-state index contributed by atoms with van der Waals surface area (Å²) >= 11 is 0. The predicted octanol–water partition coefficient (Wildman–Crippen LogP) is -3.18. The summed E-state index contributed by atoms with van der Waals surface area (Å²) in [4.78, 5) is 33.7. The van der Waals surface area contributed by atoms with Crippen LogP contribution in [-0.2, 0) is 4.79 Å². The van der Waals surface area contributed by atoms with Crippen molar-refractivity contribution in [2.45, 2.75) is 6.04 Å².